The van der Waals surface area contributed by atoms with Crippen molar-refractivity contribution in [2.24, 2.45) is 0 Å². The van der Waals surface area contributed by atoms with Gasteiger partial charge in [-0.1, -0.05) is 11.6 Å². The Morgan fingerprint density at radius 3 is 3.25 bits per heavy atom. The molecule has 0 aliphatic carbocycles. The molecule has 0 spiro atoms. The van der Waals surface area contributed by atoms with Gasteiger partial charge in [0.25, 0.3) is 0 Å². The number of ether oxygens (including phenoxy) is 1. The fourth-order valence-corrected chi connectivity index (χ4v) is 2.45. The van der Waals surface area contributed by atoms with Crippen LogP contribution in [-0.2, 0) is 4.74 Å². The number of hydrogen-bond acceptors (Lipinski definition) is 5. The second kappa shape index (κ2) is 5.17. The van der Waals surface area contributed by atoms with Crippen LogP contribution in [0.3, 0.4) is 0 Å². The zero-order valence-electron chi connectivity index (χ0n) is 10.9. The summed E-state index contributed by atoms with van der Waals surface area (Å²) in [6, 6.07) is 5.64. The van der Waals surface area contributed by atoms with Crippen LogP contribution in [0.4, 0.5) is 5.69 Å². The van der Waals surface area contributed by atoms with Crippen molar-refractivity contribution in [3.63, 3.8) is 0 Å². The molecule has 1 aromatic carbocycles. The molecule has 1 unspecified atom stereocenters. The smallest absolute Gasteiger partial charge is 0.360 e. The lowest BCUT2D eigenvalue weighted by Gasteiger charge is -2.05. The molecule has 0 fully saturated rings. The van der Waals surface area contributed by atoms with Crippen LogP contribution >= 0.6 is 11.6 Å². The first-order chi connectivity index (χ1) is 9.69. The van der Waals surface area contributed by atoms with Crippen LogP contribution in [0.15, 0.2) is 28.9 Å². The number of nitrogens with zero attached hydrogens (tertiary/aromatic N) is 1. The molecule has 0 bridgehead atoms. The number of rotatable bonds is 3. The highest BCUT2D eigenvalue weighted by atomic mass is 35.5. The van der Waals surface area contributed by atoms with Gasteiger partial charge in [-0.3, -0.25) is 0 Å². The van der Waals surface area contributed by atoms with Gasteiger partial charge in [-0.05, 0) is 30.7 Å². The van der Waals surface area contributed by atoms with E-state index in [1.54, 1.807) is 6.92 Å². The molecule has 0 saturated carbocycles. The van der Waals surface area contributed by atoms with Crippen molar-refractivity contribution in [1.82, 2.24) is 4.98 Å². The van der Waals surface area contributed by atoms with Gasteiger partial charge in [0.1, 0.15) is 6.26 Å². The van der Waals surface area contributed by atoms with E-state index in [-0.39, 0.29) is 11.6 Å². The minimum absolute atomic E-state index is 0.0492. The molecule has 3 rings (SSSR count). The van der Waals surface area contributed by atoms with E-state index in [1.165, 1.54) is 6.26 Å². The van der Waals surface area contributed by atoms with Crippen molar-refractivity contribution in [1.29, 1.82) is 0 Å². The van der Waals surface area contributed by atoms with E-state index < -0.39 is 5.97 Å². The van der Waals surface area contributed by atoms with E-state index in [9.17, 15) is 4.79 Å². The van der Waals surface area contributed by atoms with Crippen LogP contribution in [0.5, 0.6) is 0 Å². The molecule has 0 saturated heterocycles. The summed E-state index contributed by atoms with van der Waals surface area (Å²) in [5.74, 6) is -0.0341. The van der Waals surface area contributed by atoms with E-state index in [2.05, 4.69) is 10.3 Å². The molecule has 1 aliphatic rings. The zero-order chi connectivity index (χ0) is 14.1. The summed E-state index contributed by atoms with van der Waals surface area (Å²) >= 11 is 6.02. The fraction of sp³-hybridized carbons (Fsp3) is 0.286. The second-order valence-electron chi connectivity index (χ2n) is 4.46. The number of halogens is 1. The van der Waals surface area contributed by atoms with Crippen LogP contribution in [0.25, 0.3) is 0 Å². The summed E-state index contributed by atoms with van der Waals surface area (Å²) in [5, 5.41) is 3.93. The van der Waals surface area contributed by atoms with Crippen molar-refractivity contribution in [3.05, 3.63) is 46.6 Å². The van der Waals surface area contributed by atoms with Crippen LogP contribution < -0.4 is 5.32 Å². The van der Waals surface area contributed by atoms with Crippen molar-refractivity contribution >= 4 is 23.3 Å². The van der Waals surface area contributed by atoms with Gasteiger partial charge in [-0.2, -0.15) is 0 Å². The Morgan fingerprint density at radius 2 is 2.45 bits per heavy atom. The maximum absolute atomic E-state index is 11.6. The first-order valence-electron chi connectivity index (χ1n) is 6.35. The van der Waals surface area contributed by atoms with E-state index in [0.717, 1.165) is 11.3 Å². The predicted molar refractivity (Wildman–Crippen MR) is 74.2 cm³/mol. The topological polar surface area (TPSA) is 64.4 Å². The molecule has 6 heteroatoms. The quantitative estimate of drug-likeness (QED) is 0.881. The van der Waals surface area contributed by atoms with E-state index >= 15 is 0 Å². The highest BCUT2D eigenvalue weighted by Gasteiger charge is 2.29. The molecule has 1 aromatic heterocycles. The van der Waals surface area contributed by atoms with Crippen molar-refractivity contribution < 1.29 is 13.9 Å². The lowest BCUT2D eigenvalue weighted by atomic mass is 10.0. The zero-order valence-corrected chi connectivity index (χ0v) is 11.6. The number of fused-ring (bicyclic) bond motifs is 1. The first-order valence-corrected chi connectivity index (χ1v) is 6.72. The number of benzene rings is 1. The molecular weight excluding hydrogens is 280 g/mol. The molecule has 2 aromatic rings. The number of anilines is 1. The Balaban J connectivity index is 1.89. The van der Waals surface area contributed by atoms with Gasteiger partial charge in [-0.25, -0.2) is 9.78 Å². The Labute approximate surface area is 120 Å². The van der Waals surface area contributed by atoms with E-state index in [1.807, 2.05) is 18.2 Å². The fourth-order valence-electron chi connectivity index (χ4n) is 2.27. The van der Waals surface area contributed by atoms with E-state index in [4.69, 9.17) is 20.8 Å². The molecule has 1 atom stereocenters. The van der Waals surface area contributed by atoms with Crippen LogP contribution in [-0.4, -0.2) is 24.1 Å². The summed E-state index contributed by atoms with van der Waals surface area (Å²) < 4.78 is 10.3. The number of esters is 1. The van der Waals surface area contributed by atoms with Gasteiger partial charge in [0.15, 0.2) is 5.69 Å². The maximum atomic E-state index is 11.6. The van der Waals surface area contributed by atoms with Gasteiger partial charge in [0.05, 0.1) is 12.5 Å². The van der Waals surface area contributed by atoms with Crippen LogP contribution in [0, 0.1) is 0 Å². The number of carbonyl (C=O) groups excluding carboxylic acids is 1. The first kappa shape index (κ1) is 13.0. The molecule has 0 amide bonds. The molecule has 1 aliphatic heterocycles. The maximum Gasteiger partial charge on any atom is 0.360 e. The molecule has 104 valence electrons. The average molecular weight is 293 g/mol. The van der Waals surface area contributed by atoms with Crippen LogP contribution in [0.1, 0.15) is 34.8 Å². The normalized spacial score (nSPS) is 16.6. The molecular formula is C14H13ClN2O3. The van der Waals surface area contributed by atoms with Crippen molar-refractivity contribution in [2.45, 2.75) is 12.8 Å². The lowest BCUT2D eigenvalue weighted by molar-refractivity contribution is 0.0519. The standard InChI is InChI=1S/C14H13ClN2O3/c1-2-19-14(18)12-7-20-13(17-12)10-6-16-11-4-3-8(15)5-9(10)11/h3-5,7,10,16H,2,6H2,1H3. The third-order valence-electron chi connectivity index (χ3n) is 3.19. The summed E-state index contributed by atoms with van der Waals surface area (Å²) in [6.07, 6.45) is 1.33. The Kier molecular flexibility index (Phi) is 3.36. The number of carbonyl (C=O) groups is 1. The number of oxazole rings is 1. The summed E-state index contributed by atoms with van der Waals surface area (Å²) in [6.45, 7) is 2.72. The highest BCUT2D eigenvalue weighted by Crippen LogP contribution is 2.37. The minimum Gasteiger partial charge on any atom is -0.461 e. The van der Waals surface area contributed by atoms with Gasteiger partial charge < -0.3 is 14.5 Å². The van der Waals surface area contributed by atoms with Gasteiger partial charge in [0.2, 0.25) is 5.89 Å². The SMILES string of the molecule is CCOC(=O)c1coc(C2CNc3ccc(Cl)cc32)n1. The number of nitrogens with one attached hydrogen (secondary N) is 1. The van der Waals surface area contributed by atoms with Gasteiger partial charge in [-0.15, -0.1) is 0 Å². The third kappa shape index (κ3) is 2.25. The molecule has 5 nitrogen and oxygen atoms in total. The predicted octanol–water partition coefficient (Wildman–Crippen LogP) is 3.06. The summed E-state index contributed by atoms with van der Waals surface area (Å²) in [5.41, 5.74) is 2.22. The summed E-state index contributed by atoms with van der Waals surface area (Å²) in [4.78, 5) is 15.8. The monoisotopic (exact) mass is 292 g/mol. The second-order valence-corrected chi connectivity index (χ2v) is 4.89. The molecule has 1 N–H and O–H groups in total. The van der Waals surface area contributed by atoms with Crippen molar-refractivity contribution in [3.8, 4) is 0 Å². The van der Waals surface area contributed by atoms with E-state index in [0.29, 0.717) is 24.1 Å². The minimum atomic E-state index is -0.472. The molecule has 2 heterocycles. The van der Waals surface area contributed by atoms with Gasteiger partial charge in [0, 0.05) is 17.3 Å². The largest absolute Gasteiger partial charge is 0.461 e. The average Bonchev–Trinajstić information content (AvgIpc) is 3.04. The Hall–Kier alpha value is -2.01. The highest BCUT2D eigenvalue weighted by molar-refractivity contribution is 6.30. The Morgan fingerprint density at radius 1 is 1.60 bits per heavy atom. The van der Waals surface area contributed by atoms with Crippen molar-refractivity contribution in [2.75, 3.05) is 18.5 Å². The van der Waals surface area contributed by atoms with Crippen LogP contribution in [0.2, 0.25) is 5.02 Å². The number of hydrogen-bond donors (Lipinski definition) is 1. The van der Waals surface area contributed by atoms with Gasteiger partial charge >= 0.3 is 5.97 Å². The Bertz CT molecular complexity index is 654. The molecule has 0 radical (unpaired) electrons. The molecule has 20 heavy (non-hydrogen) atoms. The lowest BCUT2D eigenvalue weighted by Crippen LogP contribution is -2.07. The summed E-state index contributed by atoms with van der Waals surface area (Å²) in [7, 11) is 0. The third-order valence-corrected chi connectivity index (χ3v) is 3.43. The number of aromatic nitrogens is 1.